The molecular formula is C20H27NO3. The summed E-state index contributed by atoms with van der Waals surface area (Å²) in [5.74, 6) is 1.35. The lowest BCUT2D eigenvalue weighted by Crippen LogP contribution is -2.52. The number of hydrogen-bond donors (Lipinski definition) is 2. The summed E-state index contributed by atoms with van der Waals surface area (Å²) < 4.78 is 0. The molecule has 0 aromatic carbocycles. The lowest BCUT2D eigenvalue weighted by atomic mass is 9.47. The van der Waals surface area contributed by atoms with Gasteiger partial charge >= 0.3 is 0 Å². The van der Waals surface area contributed by atoms with E-state index in [1.165, 1.54) is 6.08 Å². The van der Waals surface area contributed by atoms with Crippen molar-refractivity contribution in [3.63, 3.8) is 0 Å². The predicted octanol–water partition coefficient (Wildman–Crippen LogP) is 3.28. The van der Waals surface area contributed by atoms with Crippen LogP contribution in [0, 0.1) is 34.5 Å². The molecule has 3 fully saturated rings. The highest BCUT2D eigenvalue weighted by molar-refractivity contribution is 6.01. The molecule has 4 aliphatic carbocycles. The van der Waals surface area contributed by atoms with E-state index in [-0.39, 0.29) is 28.8 Å². The Morgan fingerprint density at radius 1 is 1.17 bits per heavy atom. The van der Waals surface area contributed by atoms with Gasteiger partial charge in [-0.25, -0.2) is 0 Å². The van der Waals surface area contributed by atoms with Gasteiger partial charge in [0.25, 0.3) is 0 Å². The van der Waals surface area contributed by atoms with Gasteiger partial charge in [0.2, 0.25) is 5.91 Å². The van der Waals surface area contributed by atoms with E-state index in [0.29, 0.717) is 17.8 Å². The molecule has 6 unspecified atom stereocenters. The lowest BCUT2D eigenvalue weighted by molar-refractivity contribution is -0.128. The largest absolute Gasteiger partial charge is 0.511 e. The molecule has 4 rings (SSSR count). The Morgan fingerprint density at radius 3 is 2.62 bits per heavy atom. The number of carbonyl (C=O) groups is 2. The molecule has 3 N–H and O–H groups in total. The maximum absolute atomic E-state index is 11.9. The first-order chi connectivity index (χ1) is 11.3. The standard InChI is InChI=1S/C20H27NO3/c1-19-8-7-15-13(14(19)5-6-16(19)18(21)24)4-3-11-9-12(22)10-17(23)20(11,15)2/h9-10,13-16,23H,3-8H2,1-2H3,(H2,21,24). The molecule has 3 saturated carbocycles. The molecule has 0 aromatic rings. The zero-order valence-electron chi connectivity index (χ0n) is 14.5. The highest BCUT2D eigenvalue weighted by Gasteiger charge is 2.60. The van der Waals surface area contributed by atoms with Crippen molar-refractivity contribution in [3.05, 3.63) is 23.5 Å². The van der Waals surface area contributed by atoms with Gasteiger partial charge in [-0.3, -0.25) is 9.59 Å². The van der Waals surface area contributed by atoms with Crippen LogP contribution >= 0.6 is 0 Å². The van der Waals surface area contributed by atoms with Crippen molar-refractivity contribution in [2.45, 2.75) is 52.4 Å². The fourth-order valence-electron chi connectivity index (χ4n) is 6.77. The second kappa shape index (κ2) is 4.96. The van der Waals surface area contributed by atoms with E-state index in [9.17, 15) is 14.7 Å². The van der Waals surface area contributed by atoms with Crippen molar-refractivity contribution in [2.24, 2.45) is 40.2 Å². The average molecular weight is 329 g/mol. The van der Waals surface area contributed by atoms with Crippen LogP contribution in [0.4, 0.5) is 0 Å². The van der Waals surface area contributed by atoms with Crippen LogP contribution < -0.4 is 5.73 Å². The van der Waals surface area contributed by atoms with E-state index in [0.717, 1.165) is 44.1 Å². The van der Waals surface area contributed by atoms with Crippen LogP contribution in [0.3, 0.4) is 0 Å². The molecule has 0 bridgehead atoms. The van der Waals surface area contributed by atoms with Gasteiger partial charge in [-0.15, -0.1) is 0 Å². The molecule has 0 aromatic heterocycles. The molecule has 0 saturated heterocycles. The molecule has 0 spiro atoms. The van der Waals surface area contributed by atoms with Crippen LogP contribution in [0.1, 0.15) is 52.4 Å². The van der Waals surface area contributed by atoms with Gasteiger partial charge in [0, 0.05) is 17.4 Å². The summed E-state index contributed by atoms with van der Waals surface area (Å²) >= 11 is 0. The minimum absolute atomic E-state index is 0.00833. The van der Waals surface area contributed by atoms with Crippen molar-refractivity contribution in [2.75, 3.05) is 0 Å². The van der Waals surface area contributed by atoms with Gasteiger partial charge < -0.3 is 10.8 Å². The van der Waals surface area contributed by atoms with Gasteiger partial charge in [-0.05, 0) is 74.7 Å². The smallest absolute Gasteiger partial charge is 0.221 e. The number of amides is 1. The molecule has 0 radical (unpaired) electrons. The Labute approximate surface area is 143 Å². The van der Waals surface area contributed by atoms with Crippen LogP contribution in [-0.2, 0) is 9.59 Å². The van der Waals surface area contributed by atoms with Gasteiger partial charge in [0.1, 0.15) is 5.76 Å². The maximum Gasteiger partial charge on any atom is 0.221 e. The number of primary amides is 1. The van der Waals surface area contributed by atoms with Gasteiger partial charge in [-0.2, -0.15) is 0 Å². The summed E-state index contributed by atoms with van der Waals surface area (Å²) in [5, 5.41) is 10.6. The first-order valence-corrected chi connectivity index (χ1v) is 9.24. The summed E-state index contributed by atoms with van der Waals surface area (Å²) in [6.45, 7) is 4.36. The van der Waals surface area contributed by atoms with E-state index in [1.807, 2.05) is 0 Å². The number of nitrogens with two attached hydrogens (primary N) is 1. The molecule has 4 nitrogen and oxygen atoms in total. The molecule has 6 atom stereocenters. The van der Waals surface area contributed by atoms with E-state index in [4.69, 9.17) is 5.73 Å². The Bertz CT molecular complexity index is 678. The van der Waals surface area contributed by atoms with Crippen LogP contribution in [0.25, 0.3) is 0 Å². The fraction of sp³-hybridized carbons (Fsp3) is 0.700. The quantitative estimate of drug-likeness (QED) is 0.774. The maximum atomic E-state index is 11.9. The second-order valence-electron chi connectivity index (χ2n) is 8.80. The van der Waals surface area contributed by atoms with Crippen LogP contribution in [0.5, 0.6) is 0 Å². The number of aliphatic hydroxyl groups excluding tert-OH is 1. The lowest BCUT2D eigenvalue weighted by Gasteiger charge is -2.57. The Hall–Kier alpha value is -1.58. The van der Waals surface area contributed by atoms with Crippen molar-refractivity contribution in [1.82, 2.24) is 0 Å². The monoisotopic (exact) mass is 329 g/mol. The molecule has 1 amide bonds. The first kappa shape index (κ1) is 15.9. The second-order valence-corrected chi connectivity index (χ2v) is 8.80. The number of fused-ring (bicyclic) bond motifs is 5. The van der Waals surface area contributed by atoms with Crippen LogP contribution in [0.2, 0.25) is 0 Å². The van der Waals surface area contributed by atoms with E-state index in [1.54, 1.807) is 6.08 Å². The van der Waals surface area contributed by atoms with Crippen molar-refractivity contribution in [1.29, 1.82) is 0 Å². The zero-order valence-corrected chi connectivity index (χ0v) is 14.5. The fourth-order valence-corrected chi connectivity index (χ4v) is 6.77. The number of hydrogen-bond acceptors (Lipinski definition) is 3. The minimum Gasteiger partial charge on any atom is -0.511 e. The Kier molecular flexibility index (Phi) is 3.29. The molecule has 130 valence electrons. The minimum atomic E-state index is -0.400. The topological polar surface area (TPSA) is 80.4 Å². The number of ketones is 1. The van der Waals surface area contributed by atoms with E-state index in [2.05, 4.69) is 13.8 Å². The predicted molar refractivity (Wildman–Crippen MR) is 90.9 cm³/mol. The summed E-state index contributed by atoms with van der Waals surface area (Å²) in [7, 11) is 0. The SMILES string of the molecule is CC12C(O)=CC(=O)C=C1CCC1C2CCC2(C)C(C(N)=O)CCC12. The first-order valence-electron chi connectivity index (χ1n) is 9.24. The Morgan fingerprint density at radius 2 is 1.92 bits per heavy atom. The molecule has 0 heterocycles. The Balaban J connectivity index is 1.71. The average Bonchev–Trinajstić information content (AvgIpc) is 2.86. The summed E-state index contributed by atoms with van der Waals surface area (Å²) in [5.41, 5.74) is 6.40. The van der Waals surface area contributed by atoms with Crippen LogP contribution in [-0.4, -0.2) is 16.8 Å². The number of allylic oxidation sites excluding steroid dienone is 3. The van der Waals surface area contributed by atoms with Crippen LogP contribution in [0.15, 0.2) is 23.5 Å². The van der Waals surface area contributed by atoms with E-state index >= 15 is 0 Å². The molecule has 4 heteroatoms. The molecule has 4 aliphatic rings. The zero-order chi connectivity index (χ0) is 17.3. The van der Waals surface area contributed by atoms with Gasteiger partial charge in [-0.1, -0.05) is 12.5 Å². The van der Waals surface area contributed by atoms with Crippen molar-refractivity contribution >= 4 is 11.7 Å². The summed E-state index contributed by atoms with van der Waals surface area (Å²) in [4.78, 5) is 23.7. The number of aliphatic hydroxyl groups is 1. The third-order valence-corrected chi connectivity index (χ3v) is 8.06. The van der Waals surface area contributed by atoms with Gasteiger partial charge in [0.05, 0.1) is 0 Å². The third-order valence-electron chi connectivity index (χ3n) is 8.06. The third kappa shape index (κ3) is 1.86. The molecule has 24 heavy (non-hydrogen) atoms. The van der Waals surface area contributed by atoms with E-state index < -0.39 is 5.41 Å². The van der Waals surface area contributed by atoms with Crippen molar-refractivity contribution in [3.8, 4) is 0 Å². The number of rotatable bonds is 1. The highest BCUT2D eigenvalue weighted by Crippen LogP contribution is 2.66. The number of carbonyl (C=O) groups excluding carboxylic acids is 2. The molecule has 0 aliphatic heterocycles. The summed E-state index contributed by atoms with van der Waals surface area (Å²) in [6.07, 6.45) is 9.00. The normalized spacial score (nSPS) is 47.2. The molecular weight excluding hydrogens is 302 g/mol. The highest BCUT2D eigenvalue weighted by atomic mass is 16.3. The van der Waals surface area contributed by atoms with Crippen molar-refractivity contribution < 1.29 is 14.7 Å². The van der Waals surface area contributed by atoms with Gasteiger partial charge in [0.15, 0.2) is 5.78 Å². The summed E-state index contributed by atoms with van der Waals surface area (Å²) in [6, 6.07) is 0.